The Hall–Kier alpha value is -1.96. The molecule has 8 nitrogen and oxygen atoms in total. The molecule has 0 radical (unpaired) electrons. The van der Waals surface area contributed by atoms with Crippen molar-refractivity contribution in [3.8, 4) is 5.88 Å². The molecule has 0 unspecified atom stereocenters. The Kier molecular flexibility index (Phi) is 5.43. The van der Waals surface area contributed by atoms with Gasteiger partial charge < -0.3 is 14.8 Å². The minimum atomic E-state index is -0.557. The van der Waals surface area contributed by atoms with Crippen molar-refractivity contribution in [3.05, 3.63) is 15.9 Å². The monoisotopic (exact) mass is 270 g/mol. The van der Waals surface area contributed by atoms with Crippen LogP contribution in [-0.4, -0.2) is 42.3 Å². The minimum absolute atomic E-state index is 0.0383. The lowest BCUT2D eigenvalue weighted by Crippen LogP contribution is -2.14. The van der Waals surface area contributed by atoms with Gasteiger partial charge in [-0.15, -0.1) is 0 Å². The molecule has 0 saturated heterocycles. The van der Waals surface area contributed by atoms with E-state index in [2.05, 4.69) is 15.3 Å². The smallest absolute Gasteiger partial charge is 0.372 e. The molecule has 1 aromatic rings. The second kappa shape index (κ2) is 6.83. The Balaban J connectivity index is 3.20. The number of rotatable bonds is 7. The van der Waals surface area contributed by atoms with E-state index in [0.29, 0.717) is 19.0 Å². The molecule has 0 saturated carbocycles. The standard InChI is InChI=1S/C11H18N4O4/c1-7(2)9-13-10(12-5-6-18-3)8(15(16)17)11(14-9)19-4/h7H,5-6H2,1-4H3,(H,12,13,14). The molecule has 1 heterocycles. The molecule has 0 amide bonds. The molecule has 106 valence electrons. The lowest BCUT2D eigenvalue weighted by atomic mass is 10.2. The van der Waals surface area contributed by atoms with Crippen LogP contribution in [0.25, 0.3) is 0 Å². The van der Waals surface area contributed by atoms with Crippen molar-refractivity contribution in [2.45, 2.75) is 19.8 Å². The van der Waals surface area contributed by atoms with Gasteiger partial charge in [0.1, 0.15) is 5.82 Å². The third kappa shape index (κ3) is 3.75. The zero-order chi connectivity index (χ0) is 14.4. The number of anilines is 1. The van der Waals surface area contributed by atoms with Gasteiger partial charge in [0.05, 0.1) is 18.6 Å². The molecular weight excluding hydrogens is 252 g/mol. The largest absolute Gasteiger partial charge is 0.476 e. The third-order valence-corrected chi connectivity index (χ3v) is 2.36. The molecule has 8 heteroatoms. The molecule has 0 spiro atoms. The summed E-state index contributed by atoms with van der Waals surface area (Å²) < 4.78 is 9.87. The third-order valence-electron chi connectivity index (χ3n) is 2.36. The van der Waals surface area contributed by atoms with Crippen LogP contribution >= 0.6 is 0 Å². The maximum absolute atomic E-state index is 11.1. The van der Waals surface area contributed by atoms with Crippen molar-refractivity contribution >= 4 is 11.5 Å². The van der Waals surface area contributed by atoms with Gasteiger partial charge in [-0.3, -0.25) is 10.1 Å². The zero-order valence-corrected chi connectivity index (χ0v) is 11.5. The van der Waals surface area contributed by atoms with Crippen LogP contribution in [0, 0.1) is 10.1 Å². The lowest BCUT2D eigenvalue weighted by molar-refractivity contribution is -0.385. The Bertz CT molecular complexity index is 451. The van der Waals surface area contributed by atoms with Gasteiger partial charge in [-0.05, 0) is 0 Å². The van der Waals surface area contributed by atoms with E-state index >= 15 is 0 Å². The number of nitro groups is 1. The van der Waals surface area contributed by atoms with Crippen LogP contribution in [-0.2, 0) is 4.74 Å². The number of ether oxygens (including phenoxy) is 2. The van der Waals surface area contributed by atoms with Crippen molar-refractivity contribution in [1.82, 2.24) is 9.97 Å². The van der Waals surface area contributed by atoms with Crippen molar-refractivity contribution in [1.29, 1.82) is 0 Å². The topological polar surface area (TPSA) is 99.4 Å². The van der Waals surface area contributed by atoms with Gasteiger partial charge >= 0.3 is 5.69 Å². The van der Waals surface area contributed by atoms with E-state index in [9.17, 15) is 10.1 Å². The highest BCUT2D eigenvalue weighted by Gasteiger charge is 2.26. The van der Waals surface area contributed by atoms with Crippen molar-refractivity contribution in [2.24, 2.45) is 0 Å². The van der Waals surface area contributed by atoms with Crippen LogP contribution in [0.1, 0.15) is 25.6 Å². The molecule has 0 aliphatic carbocycles. The van der Waals surface area contributed by atoms with E-state index in [4.69, 9.17) is 9.47 Å². The molecule has 0 atom stereocenters. The van der Waals surface area contributed by atoms with Gasteiger partial charge in [-0.25, -0.2) is 4.98 Å². The number of hydrogen-bond acceptors (Lipinski definition) is 7. The molecule has 19 heavy (non-hydrogen) atoms. The highest BCUT2D eigenvalue weighted by Crippen LogP contribution is 2.32. The van der Waals surface area contributed by atoms with E-state index < -0.39 is 4.92 Å². The fourth-order valence-corrected chi connectivity index (χ4v) is 1.41. The van der Waals surface area contributed by atoms with Gasteiger partial charge in [-0.1, -0.05) is 13.8 Å². The van der Waals surface area contributed by atoms with Gasteiger partial charge in [0, 0.05) is 19.6 Å². The first-order valence-corrected chi connectivity index (χ1v) is 5.84. The summed E-state index contributed by atoms with van der Waals surface area (Å²) in [6.07, 6.45) is 0. The van der Waals surface area contributed by atoms with Crippen LogP contribution in [0.5, 0.6) is 5.88 Å². The summed E-state index contributed by atoms with van der Waals surface area (Å²) in [6.45, 7) is 4.63. The van der Waals surface area contributed by atoms with Crippen LogP contribution in [0.15, 0.2) is 0 Å². The number of nitrogens with one attached hydrogen (secondary N) is 1. The highest BCUT2D eigenvalue weighted by atomic mass is 16.6. The van der Waals surface area contributed by atoms with E-state index in [1.165, 1.54) is 7.11 Å². The first-order valence-electron chi connectivity index (χ1n) is 5.84. The van der Waals surface area contributed by atoms with Crippen LogP contribution in [0.3, 0.4) is 0 Å². The Morgan fingerprint density at radius 2 is 2.05 bits per heavy atom. The van der Waals surface area contributed by atoms with Crippen LogP contribution in [0.2, 0.25) is 0 Å². The second-order valence-electron chi connectivity index (χ2n) is 4.12. The lowest BCUT2D eigenvalue weighted by Gasteiger charge is -2.11. The zero-order valence-electron chi connectivity index (χ0n) is 11.5. The van der Waals surface area contributed by atoms with Crippen molar-refractivity contribution < 1.29 is 14.4 Å². The molecule has 1 N–H and O–H groups in total. The maximum Gasteiger partial charge on any atom is 0.372 e. The predicted octanol–water partition coefficient (Wildman–Crippen LogP) is 1.58. The van der Waals surface area contributed by atoms with Gasteiger partial charge in [0.15, 0.2) is 0 Å². The number of aromatic nitrogens is 2. The van der Waals surface area contributed by atoms with Crippen molar-refractivity contribution in [2.75, 3.05) is 32.7 Å². The SMILES string of the molecule is COCCNc1nc(C(C)C)nc(OC)c1[N+](=O)[O-]. The minimum Gasteiger partial charge on any atom is -0.476 e. The molecular formula is C11H18N4O4. The second-order valence-corrected chi connectivity index (χ2v) is 4.12. The van der Waals surface area contributed by atoms with E-state index in [1.807, 2.05) is 13.8 Å². The van der Waals surface area contributed by atoms with Gasteiger partial charge in [0.2, 0.25) is 5.82 Å². The van der Waals surface area contributed by atoms with Gasteiger partial charge in [0.25, 0.3) is 5.88 Å². The number of nitrogens with zero attached hydrogens (tertiary/aromatic N) is 3. The summed E-state index contributed by atoms with van der Waals surface area (Å²) in [5, 5.41) is 14.0. The Labute approximate surface area is 111 Å². The normalized spacial score (nSPS) is 10.6. The van der Waals surface area contributed by atoms with E-state index in [-0.39, 0.29) is 23.3 Å². The Morgan fingerprint density at radius 1 is 1.37 bits per heavy atom. The van der Waals surface area contributed by atoms with Gasteiger partial charge in [-0.2, -0.15) is 4.98 Å². The Morgan fingerprint density at radius 3 is 2.53 bits per heavy atom. The average Bonchev–Trinajstić information content (AvgIpc) is 2.37. The van der Waals surface area contributed by atoms with Crippen LogP contribution < -0.4 is 10.1 Å². The average molecular weight is 270 g/mol. The molecule has 0 aromatic carbocycles. The maximum atomic E-state index is 11.1. The number of methoxy groups -OCH3 is 2. The number of hydrogen-bond donors (Lipinski definition) is 1. The summed E-state index contributed by atoms with van der Waals surface area (Å²) in [6, 6.07) is 0. The van der Waals surface area contributed by atoms with Crippen molar-refractivity contribution in [3.63, 3.8) is 0 Å². The molecule has 1 aromatic heterocycles. The highest BCUT2D eigenvalue weighted by molar-refractivity contribution is 5.61. The first-order chi connectivity index (χ1) is 9.01. The molecule has 0 bridgehead atoms. The fraction of sp³-hybridized carbons (Fsp3) is 0.636. The van der Waals surface area contributed by atoms with Crippen LogP contribution in [0.4, 0.5) is 11.5 Å². The first kappa shape index (κ1) is 15.1. The summed E-state index contributed by atoms with van der Waals surface area (Å²) in [7, 11) is 2.90. The fourth-order valence-electron chi connectivity index (χ4n) is 1.41. The molecule has 0 fully saturated rings. The summed E-state index contributed by atoms with van der Waals surface area (Å²) >= 11 is 0. The summed E-state index contributed by atoms with van der Waals surface area (Å²) in [5.74, 6) is 0.640. The molecule has 1 rings (SSSR count). The summed E-state index contributed by atoms with van der Waals surface area (Å²) in [4.78, 5) is 18.8. The quantitative estimate of drug-likeness (QED) is 0.456. The molecule has 0 aliphatic heterocycles. The predicted molar refractivity (Wildman–Crippen MR) is 69.7 cm³/mol. The van der Waals surface area contributed by atoms with E-state index in [0.717, 1.165) is 0 Å². The van der Waals surface area contributed by atoms with E-state index in [1.54, 1.807) is 7.11 Å². The summed E-state index contributed by atoms with van der Waals surface area (Å²) in [5.41, 5.74) is -0.261. The molecule has 0 aliphatic rings.